The number of aromatic nitrogens is 1. The largest absolute Gasteiger partial charge is 0.249 e. The van der Waals surface area contributed by atoms with E-state index in [1.165, 1.54) is 0 Å². The minimum absolute atomic E-state index is 0.0863. The highest BCUT2D eigenvalue weighted by Gasteiger charge is 2.17. The van der Waals surface area contributed by atoms with E-state index in [4.69, 9.17) is 5.14 Å². The third kappa shape index (κ3) is 2.78. The summed E-state index contributed by atoms with van der Waals surface area (Å²) in [7, 11) is -5.25. The molecule has 0 saturated heterocycles. The molecule has 2 N–H and O–H groups in total. The van der Waals surface area contributed by atoms with E-state index >= 15 is 0 Å². The Labute approximate surface area is 105 Å². The van der Waals surface area contributed by atoms with Gasteiger partial charge in [0.05, 0.1) is 6.20 Å². The maximum Gasteiger partial charge on any atom is 0.249 e. The van der Waals surface area contributed by atoms with E-state index in [2.05, 4.69) is 4.98 Å². The van der Waals surface area contributed by atoms with Crippen molar-refractivity contribution in [3.8, 4) is 0 Å². The van der Waals surface area contributed by atoms with Gasteiger partial charge in [-0.15, -0.1) is 0 Å². The number of thiazole rings is 1. The smallest absolute Gasteiger partial charge is 0.247 e. The van der Waals surface area contributed by atoms with Crippen molar-refractivity contribution in [2.24, 2.45) is 5.14 Å². The van der Waals surface area contributed by atoms with Gasteiger partial charge in [-0.25, -0.2) is 22.7 Å². The molecule has 90 valence electrons. The highest BCUT2D eigenvalue weighted by Crippen LogP contribution is 2.23. The van der Waals surface area contributed by atoms with Crippen LogP contribution in [0.5, 0.6) is 0 Å². The molecule has 17 heavy (non-hydrogen) atoms. The van der Waals surface area contributed by atoms with Gasteiger partial charge < -0.3 is 0 Å². The first-order chi connectivity index (χ1) is 7.98. The van der Waals surface area contributed by atoms with E-state index in [0.29, 0.717) is 4.90 Å². The molecule has 1 unspecified atom stereocenters. The van der Waals surface area contributed by atoms with Crippen LogP contribution in [0.2, 0.25) is 0 Å². The van der Waals surface area contributed by atoms with Gasteiger partial charge in [-0.1, -0.05) is 29.5 Å². The predicted octanol–water partition coefficient (Wildman–Crippen LogP) is 0.957. The normalized spacial score (nSPS) is 13.5. The van der Waals surface area contributed by atoms with E-state index in [9.17, 15) is 12.6 Å². The molecular formula is C9H8N2O3S3. The molecule has 8 heteroatoms. The lowest BCUT2D eigenvalue weighted by Gasteiger charge is -1.96. The predicted molar refractivity (Wildman–Crippen MR) is 64.6 cm³/mol. The maximum absolute atomic E-state index is 12.0. The van der Waals surface area contributed by atoms with Crippen LogP contribution < -0.4 is 5.14 Å². The second-order valence-electron chi connectivity index (χ2n) is 3.07. The van der Waals surface area contributed by atoms with Crippen molar-refractivity contribution in [3.63, 3.8) is 0 Å². The van der Waals surface area contributed by atoms with E-state index < -0.39 is 20.8 Å². The molecule has 2 rings (SSSR count). The number of nitrogens with zero attached hydrogens (tertiary/aromatic N) is 1. The van der Waals surface area contributed by atoms with Crippen LogP contribution in [0.3, 0.4) is 0 Å². The fourth-order valence-corrected chi connectivity index (χ4v) is 4.16. The summed E-state index contributed by atoms with van der Waals surface area (Å²) in [6, 6.07) is 8.68. The standard InChI is InChI=1S/C9H8N2O3S3/c10-17(13,14)8-6-11-9(15-8)16(12)7-4-2-1-3-5-7/h1-6H,(H2,10,13,14). The molecule has 0 bridgehead atoms. The summed E-state index contributed by atoms with van der Waals surface area (Å²) in [4.78, 5) is 4.39. The van der Waals surface area contributed by atoms with Gasteiger partial charge in [0.25, 0.3) is 0 Å². The van der Waals surface area contributed by atoms with Crippen LogP contribution in [0.4, 0.5) is 0 Å². The summed E-state index contributed by atoms with van der Waals surface area (Å²) in [5.74, 6) is 0. The number of benzene rings is 1. The molecule has 0 fully saturated rings. The van der Waals surface area contributed by atoms with Gasteiger partial charge in [0, 0.05) is 4.90 Å². The number of hydrogen-bond donors (Lipinski definition) is 1. The average molecular weight is 288 g/mol. The minimum atomic E-state index is -3.78. The zero-order valence-electron chi connectivity index (χ0n) is 8.44. The highest BCUT2D eigenvalue weighted by atomic mass is 32.3. The van der Waals surface area contributed by atoms with E-state index in [1.807, 2.05) is 0 Å². The Morgan fingerprint density at radius 2 is 1.88 bits per heavy atom. The Kier molecular flexibility index (Phi) is 3.38. The number of rotatable bonds is 3. The van der Waals surface area contributed by atoms with Crippen molar-refractivity contribution in [2.45, 2.75) is 13.4 Å². The Morgan fingerprint density at radius 1 is 1.24 bits per heavy atom. The molecule has 1 aromatic heterocycles. The third-order valence-electron chi connectivity index (χ3n) is 1.86. The quantitative estimate of drug-likeness (QED) is 0.910. The molecule has 1 aromatic carbocycles. The monoisotopic (exact) mass is 288 g/mol. The summed E-state index contributed by atoms with van der Waals surface area (Å²) in [6.45, 7) is 0. The molecule has 5 nitrogen and oxygen atoms in total. The van der Waals surface area contributed by atoms with Gasteiger partial charge in [-0.3, -0.25) is 0 Å². The van der Waals surface area contributed by atoms with Gasteiger partial charge in [-0.05, 0) is 12.1 Å². The Hall–Kier alpha value is -1.09. The van der Waals surface area contributed by atoms with E-state index in [-0.39, 0.29) is 8.55 Å². The molecule has 0 aliphatic rings. The first-order valence-electron chi connectivity index (χ1n) is 4.44. The molecule has 1 heterocycles. The number of sulfonamides is 1. The summed E-state index contributed by atoms with van der Waals surface area (Å²) in [5, 5.41) is 4.95. The molecule has 0 spiro atoms. The molecular weight excluding hydrogens is 280 g/mol. The fourth-order valence-electron chi connectivity index (χ4n) is 1.11. The second kappa shape index (κ2) is 4.65. The Balaban J connectivity index is 2.37. The molecule has 0 amide bonds. The number of hydrogen-bond acceptors (Lipinski definition) is 5. The van der Waals surface area contributed by atoms with Crippen LogP contribution in [-0.2, 0) is 20.8 Å². The average Bonchev–Trinajstić information content (AvgIpc) is 2.78. The van der Waals surface area contributed by atoms with Crippen LogP contribution >= 0.6 is 11.3 Å². The van der Waals surface area contributed by atoms with Crippen molar-refractivity contribution in [1.82, 2.24) is 4.98 Å². The van der Waals surface area contributed by atoms with Crippen LogP contribution in [-0.4, -0.2) is 17.6 Å². The van der Waals surface area contributed by atoms with Crippen LogP contribution in [0.25, 0.3) is 0 Å². The first kappa shape index (κ1) is 12.4. The van der Waals surface area contributed by atoms with E-state index in [1.54, 1.807) is 30.3 Å². The van der Waals surface area contributed by atoms with Crippen molar-refractivity contribution < 1.29 is 12.6 Å². The van der Waals surface area contributed by atoms with Crippen molar-refractivity contribution in [1.29, 1.82) is 0 Å². The maximum atomic E-state index is 12.0. The van der Waals surface area contributed by atoms with Crippen molar-refractivity contribution >= 4 is 32.2 Å². The summed E-state index contributed by atoms with van der Waals surface area (Å²) < 4.78 is 34.3. The lowest BCUT2D eigenvalue weighted by molar-refractivity contribution is 0.599. The molecule has 2 aromatic rings. The zero-order valence-corrected chi connectivity index (χ0v) is 10.9. The highest BCUT2D eigenvalue weighted by molar-refractivity contribution is 7.92. The third-order valence-corrected chi connectivity index (χ3v) is 5.89. The SMILES string of the molecule is NS(=O)(=O)c1cnc(S(=O)c2ccccc2)s1. The Morgan fingerprint density at radius 3 is 2.41 bits per heavy atom. The van der Waals surface area contributed by atoms with Gasteiger partial charge in [-0.2, -0.15) is 0 Å². The topological polar surface area (TPSA) is 90.1 Å². The molecule has 0 aliphatic heterocycles. The number of primary sulfonamides is 1. The second-order valence-corrected chi connectivity index (χ2v) is 7.54. The molecule has 0 radical (unpaired) electrons. The molecule has 0 aliphatic carbocycles. The Bertz CT molecular complexity index is 649. The first-order valence-corrected chi connectivity index (χ1v) is 7.95. The van der Waals surface area contributed by atoms with E-state index in [0.717, 1.165) is 17.5 Å². The van der Waals surface area contributed by atoms with Crippen molar-refractivity contribution in [2.75, 3.05) is 0 Å². The van der Waals surface area contributed by atoms with Crippen LogP contribution in [0, 0.1) is 0 Å². The lowest BCUT2D eigenvalue weighted by Crippen LogP contribution is -2.09. The fraction of sp³-hybridized carbons (Fsp3) is 0. The number of nitrogens with two attached hydrogens (primary N) is 1. The minimum Gasteiger partial charge on any atom is -0.247 e. The summed E-state index contributed by atoms with van der Waals surface area (Å²) in [6.07, 6.45) is 1.12. The van der Waals surface area contributed by atoms with Gasteiger partial charge >= 0.3 is 0 Å². The molecule has 1 atom stereocenters. The van der Waals surface area contributed by atoms with Crippen LogP contribution in [0.15, 0.2) is 50.0 Å². The van der Waals surface area contributed by atoms with Gasteiger partial charge in [0.2, 0.25) is 10.0 Å². The summed E-state index contributed by atoms with van der Waals surface area (Å²) >= 11 is 0.819. The summed E-state index contributed by atoms with van der Waals surface area (Å²) in [5.41, 5.74) is 0. The van der Waals surface area contributed by atoms with Gasteiger partial charge in [0.1, 0.15) is 10.8 Å². The lowest BCUT2D eigenvalue weighted by atomic mass is 10.4. The van der Waals surface area contributed by atoms with Gasteiger partial charge in [0.15, 0.2) is 8.55 Å². The zero-order chi connectivity index (χ0) is 12.5. The van der Waals surface area contributed by atoms with Crippen LogP contribution in [0.1, 0.15) is 0 Å². The van der Waals surface area contributed by atoms with Crippen molar-refractivity contribution in [3.05, 3.63) is 36.5 Å². The molecule has 0 saturated carbocycles.